The van der Waals surface area contributed by atoms with Gasteiger partial charge < -0.3 is 4.42 Å². The lowest BCUT2D eigenvalue weighted by Gasteiger charge is -1.85. The van der Waals surface area contributed by atoms with Crippen LogP contribution >= 0.6 is 11.6 Å². The first-order chi connectivity index (χ1) is 7.33. The van der Waals surface area contributed by atoms with E-state index in [0.717, 1.165) is 5.65 Å². The van der Waals surface area contributed by atoms with Crippen molar-refractivity contribution >= 4 is 17.2 Å². The summed E-state index contributed by atoms with van der Waals surface area (Å²) in [4.78, 5) is 4.30. The second kappa shape index (κ2) is 3.10. The second-order valence-corrected chi connectivity index (χ2v) is 3.42. The van der Waals surface area contributed by atoms with Crippen LogP contribution in [-0.2, 0) is 0 Å². The molecule has 3 rings (SSSR count). The summed E-state index contributed by atoms with van der Waals surface area (Å²) in [6.07, 6.45) is 1.83. The smallest absolute Gasteiger partial charge is 0.217 e. The van der Waals surface area contributed by atoms with E-state index in [4.69, 9.17) is 16.0 Å². The van der Waals surface area contributed by atoms with E-state index in [1.807, 2.05) is 24.4 Å². The third-order valence-corrected chi connectivity index (χ3v) is 2.24. The Balaban J connectivity index is 2.19. The molecule has 5 heteroatoms. The first kappa shape index (κ1) is 8.49. The lowest BCUT2D eigenvalue weighted by molar-refractivity contribution is 0.579. The van der Waals surface area contributed by atoms with Crippen molar-refractivity contribution in [3.05, 3.63) is 41.7 Å². The molecule has 0 N–H and O–H groups in total. The predicted molar refractivity (Wildman–Crippen MR) is 55.7 cm³/mol. The van der Waals surface area contributed by atoms with Crippen LogP contribution < -0.4 is 0 Å². The predicted octanol–water partition coefficient (Wildman–Crippen LogP) is 2.64. The molecule has 0 unspecified atom stereocenters. The van der Waals surface area contributed by atoms with Gasteiger partial charge >= 0.3 is 0 Å². The van der Waals surface area contributed by atoms with E-state index in [-0.39, 0.29) is 0 Å². The van der Waals surface area contributed by atoms with E-state index in [0.29, 0.717) is 16.8 Å². The number of halogens is 1. The van der Waals surface area contributed by atoms with Gasteiger partial charge in [-0.1, -0.05) is 6.07 Å². The molecule has 0 amide bonds. The number of hydrogen-bond acceptors (Lipinski definition) is 3. The summed E-state index contributed by atoms with van der Waals surface area (Å²) in [7, 11) is 0. The van der Waals surface area contributed by atoms with Gasteiger partial charge in [-0.05, 0) is 35.9 Å². The van der Waals surface area contributed by atoms with Gasteiger partial charge in [-0.15, -0.1) is 5.10 Å². The summed E-state index contributed by atoms with van der Waals surface area (Å²) in [5, 5.41) is 4.59. The van der Waals surface area contributed by atoms with Crippen LogP contribution in [0.25, 0.3) is 17.2 Å². The van der Waals surface area contributed by atoms with E-state index in [2.05, 4.69) is 10.1 Å². The van der Waals surface area contributed by atoms with Crippen molar-refractivity contribution in [3.63, 3.8) is 0 Å². The van der Waals surface area contributed by atoms with Crippen LogP contribution in [0.3, 0.4) is 0 Å². The van der Waals surface area contributed by atoms with Crippen LogP contribution in [0.1, 0.15) is 0 Å². The average Bonchev–Trinajstić information content (AvgIpc) is 2.82. The molecule has 3 heterocycles. The molecule has 3 aromatic heterocycles. The Kier molecular flexibility index (Phi) is 1.76. The SMILES string of the molecule is Clc1ccc(-c2nc3ccccn3n2)o1. The van der Waals surface area contributed by atoms with Crippen LogP contribution in [0.15, 0.2) is 40.9 Å². The van der Waals surface area contributed by atoms with Crippen molar-refractivity contribution in [2.24, 2.45) is 0 Å². The molecular weight excluding hydrogens is 214 g/mol. The van der Waals surface area contributed by atoms with Crippen molar-refractivity contribution in [3.8, 4) is 11.6 Å². The van der Waals surface area contributed by atoms with Gasteiger partial charge in [0.2, 0.25) is 5.82 Å². The van der Waals surface area contributed by atoms with E-state index in [9.17, 15) is 0 Å². The molecule has 0 radical (unpaired) electrons. The quantitative estimate of drug-likeness (QED) is 0.632. The fraction of sp³-hybridized carbons (Fsp3) is 0. The molecule has 0 bridgehead atoms. The maximum Gasteiger partial charge on any atom is 0.217 e. The van der Waals surface area contributed by atoms with Crippen LogP contribution in [-0.4, -0.2) is 14.6 Å². The molecule has 0 atom stereocenters. The Labute approximate surface area is 90.1 Å². The largest absolute Gasteiger partial charge is 0.441 e. The Hall–Kier alpha value is -1.81. The zero-order valence-electron chi connectivity index (χ0n) is 7.59. The molecule has 0 aromatic carbocycles. The minimum Gasteiger partial charge on any atom is -0.441 e. The molecule has 4 nitrogen and oxygen atoms in total. The van der Waals surface area contributed by atoms with Crippen molar-refractivity contribution in [2.75, 3.05) is 0 Å². The van der Waals surface area contributed by atoms with Gasteiger partial charge in [0, 0.05) is 6.20 Å². The monoisotopic (exact) mass is 219 g/mol. The number of aromatic nitrogens is 3. The van der Waals surface area contributed by atoms with E-state index >= 15 is 0 Å². The summed E-state index contributed by atoms with van der Waals surface area (Å²) in [6.45, 7) is 0. The van der Waals surface area contributed by atoms with Gasteiger partial charge in [0.25, 0.3) is 0 Å². The Bertz CT molecular complexity index is 581. The number of fused-ring (bicyclic) bond motifs is 1. The number of nitrogens with zero attached hydrogens (tertiary/aromatic N) is 3. The number of furan rings is 1. The van der Waals surface area contributed by atoms with Gasteiger partial charge in [0.15, 0.2) is 16.6 Å². The summed E-state index contributed by atoms with van der Waals surface area (Å²) in [6, 6.07) is 9.09. The van der Waals surface area contributed by atoms with Crippen molar-refractivity contribution in [2.45, 2.75) is 0 Å². The molecule has 0 aliphatic heterocycles. The molecule has 0 saturated heterocycles. The highest BCUT2D eigenvalue weighted by Gasteiger charge is 2.09. The highest BCUT2D eigenvalue weighted by Crippen LogP contribution is 2.21. The highest BCUT2D eigenvalue weighted by molar-refractivity contribution is 6.28. The normalized spacial score (nSPS) is 11.0. The van der Waals surface area contributed by atoms with Gasteiger partial charge in [0.05, 0.1) is 0 Å². The number of hydrogen-bond donors (Lipinski definition) is 0. The van der Waals surface area contributed by atoms with Crippen molar-refractivity contribution < 1.29 is 4.42 Å². The highest BCUT2D eigenvalue weighted by atomic mass is 35.5. The third-order valence-electron chi connectivity index (χ3n) is 2.03. The molecule has 74 valence electrons. The van der Waals surface area contributed by atoms with E-state index in [1.165, 1.54) is 0 Å². The van der Waals surface area contributed by atoms with Gasteiger partial charge in [-0.25, -0.2) is 9.50 Å². The maximum absolute atomic E-state index is 5.68. The standard InChI is InChI=1S/C10H6ClN3O/c11-8-5-4-7(15-8)10-12-9-3-1-2-6-14(9)13-10/h1-6H. The lowest BCUT2D eigenvalue weighted by Crippen LogP contribution is -1.83. The minimum absolute atomic E-state index is 0.337. The van der Waals surface area contributed by atoms with Crippen molar-refractivity contribution in [1.29, 1.82) is 0 Å². The summed E-state index contributed by atoms with van der Waals surface area (Å²) in [5.41, 5.74) is 0.778. The summed E-state index contributed by atoms with van der Waals surface area (Å²) in [5.74, 6) is 1.11. The Morgan fingerprint density at radius 1 is 1.20 bits per heavy atom. The molecule has 0 spiro atoms. The van der Waals surface area contributed by atoms with E-state index in [1.54, 1.807) is 16.6 Å². The summed E-state index contributed by atoms with van der Waals surface area (Å²) < 4.78 is 6.91. The molecule has 0 aliphatic carbocycles. The van der Waals surface area contributed by atoms with Crippen LogP contribution in [0, 0.1) is 0 Å². The Morgan fingerprint density at radius 2 is 2.13 bits per heavy atom. The molecule has 0 aliphatic rings. The topological polar surface area (TPSA) is 43.3 Å². The van der Waals surface area contributed by atoms with Gasteiger partial charge in [-0.3, -0.25) is 0 Å². The molecule has 0 saturated carbocycles. The number of rotatable bonds is 1. The fourth-order valence-corrected chi connectivity index (χ4v) is 1.52. The number of pyridine rings is 1. The van der Waals surface area contributed by atoms with Gasteiger partial charge in [-0.2, -0.15) is 0 Å². The average molecular weight is 220 g/mol. The third kappa shape index (κ3) is 1.39. The lowest BCUT2D eigenvalue weighted by atomic mass is 10.4. The Morgan fingerprint density at radius 3 is 2.87 bits per heavy atom. The van der Waals surface area contributed by atoms with Crippen molar-refractivity contribution in [1.82, 2.24) is 14.6 Å². The van der Waals surface area contributed by atoms with Crippen LogP contribution in [0.2, 0.25) is 5.22 Å². The zero-order chi connectivity index (χ0) is 10.3. The zero-order valence-corrected chi connectivity index (χ0v) is 8.35. The second-order valence-electron chi connectivity index (χ2n) is 3.04. The molecule has 3 aromatic rings. The summed E-state index contributed by atoms with van der Waals surface area (Å²) >= 11 is 5.68. The molecule has 15 heavy (non-hydrogen) atoms. The fourth-order valence-electron chi connectivity index (χ4n) is 1.37. The van der Waals surface area contributed by atoms with E-state index < -0.39 is 0 Å². The minimum atomic E-state index is 0.337. The van der Waals surface area contributed by atoms with Crippen LogP contribution in [0.5, 0.6) is 0 Å². The first-order valence-electron chi connectivity index (χ1n) is 4.40. The van der Waals surface area contributed by atoms with Crippen LogP contribution in [0.4, 0.5) is 0 Å². The maximum atomic E-state index is 5.68. The molecular formula is C10H6ClN3O. The van der Waals surface area contributed by atoms with Gasteiger partial charge in [0.1, 0.15) is 0 Å². The first-order valence-corrected chi connectivity index (χ1v) is 4.78. The molecule has 0 fully saturated rings.